The molecule has 2 unspecified atom stereocenters. The van der Waals surface area contributed by atoms with Gasteiger partial charge in [-0.25, -0.2) is 4.68 Å². The summed E-state index contributed by atoms with van der Waals surface area (Å²) in [6.07, 6.45) is 3.89. The zero-order valence-corrected chi connectivity index (χ0v) is 10.5. The molecule has 5 heteroatoms. The van der Waals surface area contributed by atoms with Crippen LogP contribution in [0.3, 0.4) is 0 Å². The fraction of sp³-hybridized carbons (Fsp3) is 0.750. The van der Waals surface area contributed by atoms with Crippen molar-refractivity contribution in [3.05, 3.63) is 6.07 Å². The summed E-state index contributed by atoms with van der Waals surface area (Å²) in [5.41, 5.74) is 0. The van der Waals surface area contributed by atoms with Crippen molar-refractivity contribution in [2.45, 2.75) is 31.3 Å². The second-order valence-corrected chi connectivity index (χ2v) is 4.98. The number of aromatic nitrogens is 2. The Kier molecular flexibility index (Phi) is 2.70. The maximum Gasteiger partial charge on any atom is 0.213 e. The van der Waals surface area contributed by atoms with Crippen LogP contribution in [-0.4, -0.2) is 47.0 Å². The van der Waals surface area contributed by atoms with Gasteiger partial charge in [-0.3, -0.25) is 4.90 Å². The normalized spacial score (nSPS) is 28.4. The molecule has 1 aromatic heterocycles. The topological polar surface area (TPSA) is 42.3 Å². The lowest BCUT2D eigenvalue weighted by Crippen LogP contribution is -2.33. The number of rotatable bonds is 3. The molecule has 0 radical (unpaired) electrons. The van der Waals surface area contributed by atoms with Gasteiger partial charge in [0, 0.05) is 31.7 Å². The highest BCUT2D eigenvalue weighted by Gasteiger charge is 2.37. The van der Waals surface area contributed by atoms with E-state index < -0.39 is 0 Å². The SMILES string of the molecule is COc1cc(NC2CCN3CCCC23)nn1C. The first-order valence-corrected chi connectivity index (χ1v) is 6.36. The van der Waals surface area contributed by atoms with Gasteiger partial charge in [0.25, 0.3) is 0 Å². The number of nitrogens with zero attached hydrogens (tertiary/aromatic N) is 3. The molecule has 3 rings (SSSR count). The molecule has 1 N–H and O–H groups in total. The highest BCUT2D eigenvalue weighted by Crippen LogP contribution is 2.30. The van der Waals surface area contributed by atoms with Crippen LogP contribution in [0.25, 0.3) is 0 Å². The predicted octanol–water partition coefficient (Wildman–Crippen LogP) is 1.08. The van der Waals surface area contributed by atoms with E-state index in [1.807, 2.05) is 13.1 Å². The van der Waals surface area contributed by atoms with Crippen LogP contribution in [0.2, 0.25) is 0 Å². The van der Waals surface area contributed by atoms with Crippen LogP contribution in [0.5, 0.6) is 5.88 Å². The van der Waals surface area contributed by atoms with Crippen molar-refractivity contribution in [2.75, 3.05) is 25.5 Å². The molecule has 2 atom stereocenters. The van der Waals surface area contributed by atoms with E-state index in [1.165, 1.54) is 32.4 Å². The third-order valence-corrected chi connectivity index (χ3v) is 3.99. The smallest absolute Gasteiger partial charge is 0.213 e. The van der Waals surface area contributed by atoms with Gasteiger partial charge < -0.3 is 10.1 Å². The molecule has 94 valence electrons. The summed E-state index contributed by atoms with van der Waals surface area (Å²) < 4.78 is 6.99. The number of aryl methyl sites for hydroxylation is 1. The van der Waals surface area contributed by atoms with Crippen molar-refractivity contribution >= 4 is 5.82 Å². The van der Waals surface area contributed by atoms with Gasteiger partial charge in [-0.1, -0.05) is 0 Å². The average molecular weight is 236 g/mol. The first kappa shape index (κ1) is 10.9. The van der Waals surface area contributed by atoms with E-state index in [0.717, 1.165) is 11.7 Å². The van der Waals surface area contributed by atoms with Gasteiger partial charge in [0.1, 0.15) is 0 Å². The first-order chi connectivity index (χ1) is 8.28. The van der Waals surface area contributed by atoms with Crippen LogP contribution >= 0.6 is 0 Å². The molecular weight excluding hydrogens is 216 g/mol. The maximum absolute atomic E-state index is 5.23. The summed E-state index contributed by atoms with van der Waals surface area (Å²) in [5, 5.41) is 7.98. The summed E-state index contributed by atoms with van der Waals surface area (Å²) in [6, 6.07) is 3.23. The van der Waals surface area contributed by atoms with Gasteiger partial charge in [0.15, 0.2) is 5.82 Å². The van der Waals surface area contributed by atoms with Crippen LogP contribution in [0.1, 0.15) is 19.3 Å². The number of ether oxygens (including phenoxy) is 1. The first-order valence-electron chi connectivity index (χ1n) is 6.36. The molecule has 2 aliphatic heterocycles. The van der Waals surface area contributed by atoms with E-state index in [0.29, 0.717) is 12.1 Å². The Labute approximate surface area is 102 Å². The minimum Gasteiger partial charge on any atom is -0.481 e. The second kappa shape index (κ2) is 4.22. The molecule has 0 aliphatic carbocycles. The van der Waals surface area contributed by atoms with E-state index in [1.54, 1.807) is 11.8 Å². The van der Waals surface area contributed by atoms with E-state index in [-0.39, 0.29) is 0 Å². The Balaban J connectivity index is 1.70. The summed E-state index contributed by atoms with van der Waals surface area (Å²) in [7, 11) is 3.58. The lowest BCUT2D eigenvalue weighted by molar-refractivity contribution is 0.318. The second-order valence-electron chi connectivity index (χ2n) is 4.98. The summed E-state index contributed by atoms with van der Waals surface area (Å²) >= 11 is 0. The van der Waals surface area contributed by atoms with Crippen LogP contribution in [0.4, 0.5) is 5.82 Å². The van der Waals surface area contributed by atoms with Crippen LogP contribution < -0.4 is 10.1 Å². The minimum absolute atomic E-state index is 0.553. The number of hydrogen-bond acceptors (Lipinski definition) is 4. The zero-order chi connectivity index (χ0) is 11.8. The predicted molar refractivity (Wildman–Crippen MR) is 66.4 cm³/mol. The molecular formula is C12H20N4O. The highest BCUT2D eigenvalue weighted by molar-refractivity contribution is 5.40. The van der Waals surface area contributed by atoms with Gasteiger partial charge in [0.2, 0.25) is 5.88 Å². The molecule has 3 heterocycles. The van der Waals surface area contributed by atoms with E-state index >= 15 is 0 Å². The van der Waals surface area contributed by atoms with Gasteiger partial charge >= 0.3 is 0 Å². The summed E-state index contributed by atoms with van der Waals surface area (Å²) in [6.45, 7) is 2.50. The van der Waals surface area contributed by atoms with Gasteiger partial charge in [0.05, 0.1) is 7.11 Å². The van der Waals surface area contributed by atoms with E-state index in [9.17, 15) is 0 Å². The average Bonchev–Trinajstić information content (AvgIpc) is 2.96. The molecule has 2 aliphatic rings. The number of methoxy groups -OCH3 is 1. The highest BCUT2D eigenvalue weighted by atomic mass is 16.5. The lowest BCUT2D eigenvalue weighted by atomic mass is 10.1. The fourth-order valence-electron chi connectivity index (χ4n) is 3.15. The molecule has 5 nitrogen and oxygen atoms in total. The molecule has 0 spiro atoms. The summed E-state index contributed by atoms with van der Waals surface area (Å²) in [4.78, 5) is 2.60. The van der Waals surface area contributed by atoms with Crippen LogP contribution in [0.15, 0.2) is 6.07 Å². The molecule has 2 saturated heterocycles. The number of hydrogen-bond donors (Lipinski definition) is 1. The van der Waals surface area contributed by atoms with Gasteiger partial charge in [-0.15, -0.1) is 0 Å². The van der Waals surface area contributed by atoms with Gasteiger partial charge in [-0.2, -0.15) is 5.10 Å². The molecule has 0 bridgehead atoms. The third kappa shape index (κ3) is 1.88. The molecule has 2 fully saturated rings. The monoisotopic (exact) mass is 236 g/mol. The quantitative estimate of drug-likeness (QED) is 0.852. The van der Waals surface area contributed by atoms with Crippen molar-refractivity contribution < 1.29 is 4.74 Å². The largest absolute Gasteiger partial charge is 0.481 e. The third-order valence-electron chi connectivity index (χ3n) is 3.99. The molecule has 0 aromatic carbocycles. The Bertz CT molecular complexity index is 403. The Morgan fingerprint density at radius 2 is 2.29 bits per heavy atom. The van der Waals surface area contributed by atoms with Gasteiger partial charge in [-0.05, 0) is 25.8 Å². The number of nitrogens with one attached hydrogen (secondary N) is 1. The van der Waals surface area contributed by atoms with Crippen molar-refractivity contribution in [3.8, 4) is 5.88 Å². The van der Waals surface area contributed by atoms with Crippen molar-refractivity contribution in [1.82, 2.24) is 14.7 Å². The number of fused-ring (bicyclic) bond motifs is 1. The standard InChI is InChI=1S/C12H20N4O/c1-15-12(17-2)8-11(14-15)13-9-5-7-16-6-3-4-10(9)16/h8-10H,3-7H2,1-2H3,(H,13,14). The zero-order valence-electron chi connectivity index (χ0n) is 10.5. The van der Waals surface area contributed by atoms with Crippen LogP contribution in [0, 0.1) is 0 Å². The molecule has 1 aromatic rings. The van der Waals surface area contributed by atoms with Crippen molar-refractivity contribution in [2.24, 2.45) is 7.05 Å². The van der Waals surface area contributed by atoms with Crippen molar-refractivity contribution in [3.63, 3.8) is 0 Å². The summed E-state index contributed by atoms with van der Waals surface area (Å²) in [5.74, 6) is 1.73. The molecule has 0 saturated carbocycles. The fourth-order valence-corrected chi connectivity index (χ4v) is 3.15. The Morgan fingerprint density at radius 3 is 3.06 bits per heavy atom. The minimum atomic E-state index is 0.553. The molecule has 0 amide bonds. The Morgan fingerprint density at radius 1 is 1.41 bits per heavy atom. The van der Waals surface area contributed by atoms with Crippen LogP contribution in [-0.2, 0) is 7.05 Å². The lowest BCUT2D eigenvalue weighted by Gasteiger charge is -2.20. The molecule has 17 heavy (non-hydrogen) atoms. The van der Waals surface area contributed by atoms with E-state index in [2.05, 4.69) is 15.3 Å². The number of anilines is 1. The Hall–Kier alpha value is -1.23. The van der Waals surface area contributed by atoms with E-state index in [4.69, 9.17) is 4.74 Å². The van der Waals surface area contributed by atoms with Crippen molar-refractivity contribution in [1.29, 1.82) is 0 Å². The maximum atomic E-state index is 5.23.